The number of aryl methyl sites for hydroxylation is 1. The van der Waals surface area contributed by atoms with Gasteiger partial charge in [0.2, 0.25) is 5.91 Å². The van der Waals surface area contributed by atoms with Gasteiger partial charge in [-0.1, -0.05) is 48.4 Å². The number of carbonyl (C=O) groups is 1. The average Bonchev–Trinajstić information content (AvgIpc) is 3.10. The van der Waals surface area contributed by atoms with Crippen LogP contribution in [-0.4, -0.2) is 41.6 Å². The minimum absolute atomic E-state index is 0.0808. The lowest BCUT2D eigenvalue weighted by Gasteiger charge is -2.32. The maximum atomic E-state index is 12.5. The van der Waals surface area contributed by atoms with Gasteiger partial charge in [-0.3, -0.25) is 4.79 Å². The summed E-state index contributed by atoms with van der Waals surface area (Å²) in [5.41, 5.74) is 4.73. The molecular weight excluding hydrogens is 346 g/mol. The Bertz CT molecular complexity index is 958. The molecule has 0 saturated carbocycles. The molecule has 1 amide bonds. The van der Waals surface area contributed by atoms with E-state index in [2.05, 4.69) is 72.7 Å². The number of likely N-dealkylation sites (N-methyl/N-ethyl adjacent to an activating group) is 1. The Morgan fingerprint density at radius 1 is 1.07 bits per heavy atom. The molecule has 3 aromatic rings. The molecule has 1 fully saturated rings. The topological polar surface area (TPSA) is 37.3 Å². The fourth-order valence-corrected chi connectivity index (χ4v) is 4.09. The van der Waals surface area contributed by atoms with Crippen LogP contribution in [0.15, 0.2) is 54.7 Å². The van der Waals surface area contributed by atoms with Gasteiger partial charge in [0, 0.05) is 24.3 Å². The van der Waals surface area contributed by atoms with Gasteiger partial charge >= 0.3 is 0 Å². The largest absolute Gasteiger partial charge is 0.353 e. The highest BCUT2D eigenvalue weighted by molar-refractivity contribution is 5.87. The van der Waals surface area contributed by atoms with Gasteiger partial charge < -0.3 is 14.8 Å². The summed E-state index contributed by atoms with van der Waals surface area (Å²) >= 11 is 0. The normalized spacial score (nSPS) is 17.7. The molecule has 0 bridgehead atoms. The van der Waals surface area contributed by atoms with Crippen molar-refractivity contribution in [1.82, 2.24) is 14.8 Å². The molecule has 1 atom stereocenters. The van der Waals surface area contributed by atoms with Crippen LogP contribution in [0.4, 0.5) is 0 Å². The van der Waals surface area contributed by atoms with Crippen LogP contribution in [0.2, 0.25) is 0 Å². The number of benzene rings is 2. The summed E-state index contributed by atoms with van der Waals surface area (Å²) in [5, 5.41) is 4.30. The van der Waals surface area contributed by atoms with Crippen LogP contribution in [0, 0.1) is 6.92 Å². The molecule has 0 spiro atoms. The van der Waals surface area contributed by atoms with Crippen molar-refractivity contribution in [2.75, 3.05) is 20.1 Å². The number of fused-ring (bicyclic) bond motifs is 1. The van der Waals surface area contributed by atoms with Gasteiger partial charge in [0.15, 0.2) is 0 Å². The predicted molar refractivity (Wildman–Crippen MR) is 115 cm³/mol. The second-order valence-electron chi connectivity index (χ2n) is 8.02. The summed E-state index contributed by atoms with van der Waals surface area (Å²) < 4.78 is 2.05. The number of rotatable bonds is 5. The van der Waals surface area contributed by atoms with E-state index >= 15 is 0 Å². The third-order valence-corrected chi connectivity index (χ3v) is 5.93. The standard InChI is InChI=1S/C24H29N3O/c1-18-6-8-19(9-7-18)21-11-10-20-12-14-27(23(20)15-21)17-24(28)25-16-22-5-3-4-13-26(22)2/h6-12,14-15,22H,3-5,13,16-17H2,1-2H3,(H,25,28). The highest BCUT2D eigenvalue weighted by Gasteiger charge is 2.19. The number of likely N-dealkylation sites (tertiary alicyclic amines) is 1. The van der Waals surface area contributed by atoms with Crippen LogP contribution < -0.4 is 5.32 Å². The number of carbonyl (C=O) groups excluding carboxylic acids is 1. The summed E-state index contributed by atoms with van der Waals surface area (Å²) in [7, 11) is 2.15. The molecule has 0 aliphatic carbocycles. The zero-order chi connectivity index (χ0) is 19.5. The van der Waals surface area contributed by atoms with E-state index in [1.807, 2.05) is 10.8 Å². The molecule has 4 nitrogen and oxygen atoms in total. The number of hydrogen-bond acceptors (Lipinski definition) is 2. The van der Waals surface area contributed by atoms with Gasteiger partial charge in [0.25, 0.3) is 0 Å². The molecule has 1 unspecified atom stereocenters. The van der Waals surface area contributed by atoms with Crippen molar-refractivity contribution in [3.8, 4) is 11.1 Å². The third kappa shape index (κ3) is 4.12. The molecule has 1 aliphatic rings. The molecule has 1 aromatic heterocycles. The summed E-state index contributed by atoms with van der Waals surface area (Å²) in [5.74, 6) is 0.0808. The van der Waals surface area contributed by atoms with E-state index in [0.717, 1.165) is 24.0 Å². The first-order chi connectivity index (χ1) is 13.6. The molecule has 2 aromatic carbocycles. The van der Waals surface area contributed by atoms with Crippen molar-refractivity contribution in [2.45, 2.75) is 38.8 Å². The first-order valence-corrected chi connectivity index (χ1v) is 10.2. The quantitative estimate of drug-likeness (QED) is 0.725. The van der Waals surface area contributed by atoms with Gasteiger partial charge in [0.05, 0.1) is 0 Å². The molecule has 2 heterocycles. The number of nitrogens with zero attached hydrogens (tertiary/aromatic N) is 2. The minimum Gasteiger partial charge on any atom is -0.353 e. The number of aromatic nitrogens is 1. The van der Waals surface area contributed by atoms with Gasteiger partial charge in [-0.15, -0.1) is 0 Å². The zero-order valence-electron chi connectivity index (χ0n) is 16.8. The number of hydrogen-bond donors (Lipinski definition) is 1. The highest BCUT2D eigenvalue weighted by Crippen LogP contribution is 2.25. The van der Waals surface area contributed by atoms with E-state index in [1.165, 1.54) is 36.0 Å². The van der Waals surface area contributed by atoms with Crippen LogP contribution in [-0.2, 0) is 11.3 Å². The first-order valence-electron chi connectivity index (χ1n) is 10.2. The van der Waals surface area contributed by atoms with E-state index in [9.17, 15) is 4.79 Å². The van der Waals surface area contributed by atoms with Crippen molar-refractivity contribution in [3.63, 3.8) is 0 Å². The van der Waals surface area contributed by atoms with E-state index in [1.54, 1.807) is 0 Å². The molecule has 0 radical (unpaired) electrons. The number of amides is 1. The second kappa shape index (κ2) is 8.19. The Morgan fingerprint density at radius 3 is 2.64 bits per heavy atom. The molecule has 4 rings (SSSR count). The third-order valence-electron chi connectivity index (χ3n) is 5.93. The lowest BCUT2D eigenvalue weighted by molar-refractivity contribution is -0.121. The van der Waals surface area contributed by atoms with Crippen molar-refractivity contribution in [1.29, 1.82) is 0 Å². The Morgan fingerprint density at radius 2 is 1.86 bits per heavy atom. The lowest BCUT2D eigenvalue weighted by atomic mass is 10.0. The lowest BCUT2D eigenvalue weighted by Crippen LogP contribution is -2.45. The van der Waals surface area contributed by atoms with E-state index in [0.29, 0.717) is 12.6 Å². The SMILES string of the molecule is Cc1ccc(-c2ccc3ccn(CC(=O)NCC4CCCCN4C)c3c2)cc1. The van der Waals surface area contributed by atoms with Crippen LogP contribution in [0.25, 0.3) is 22.0 Å². The van der Waals surface area contributed by atoms with Crippen LogP contribution in [0.1, 0.15) is 24.8 Å². The Labute approximate surface area is 167 Å². The van der Waals surface area contributed by atoms with Crippen LogP contribution in [0.3, 0.4) is 0 Å². The van der Waals surface area contributed by atoms with E-state index < -0.39 is 0 Å². The Kier molecular flexibility index (Phi) is 5.49. The van der Waals surface area contributed by atoms with Gasteiger partial charge in [-0.25, -0.2) is 0 Å². The minimum atomic E-state index is 0.0808. The van der Waals surface area contributed by atoms with Crippen molar-refractivity contribution in [2.24, 2.45) is 0 Å². The molecule has 4 heteroatoms. The number of nitrogens with one attached hydrogen (secondary N) is 1. The van der Waals surface area contributed by atoms with E-state index in [4.69, 9.17) is 0 Å². The van der Waals surface area contributed by atoms with Crippen molar-refractivity contribution in [3.05, 3.63) is 60.3 Å². The Balaban J connectivity index is 1.46. The maximum absolute atomic E-state index is 12.5. The average molecular weight is 376 g/mol. The van der Waals surface area contributed by atoms with Crippen LogP contribution >= 0.6 is 0 Å². The molecular formula is C24H29N3O. The second-order valence-corrected chi connectivity index (χ2v) is 8.02. The number of piperidine rings is 1. The summed E-state index contributed by atoms with van der Waals surface area (Å²) in [4.78, 5) is 14.9. The first kappa shape index (κ1) is 18.8. The Hall–Kier alpha value is -2.59. The maximum Gasteiger partial charge on any atom is 0.239 e. The predicted octanol–water partition coefficient (Wildman–Crippen LogP) is 4.22. The zero-order valence-corrected chi connectivity index (χ0v) is 16.8. The van der Waals surface area contributed by atoms with Gasteiger partial charge in [-0.2, -0.15) is 0 Å². The van der Waals surface area contributed by atoms with Gasteiger partial charge in [0.1, 0.15) is 6.54 Å². The molecule has 146 valence electrons. The molecule has 1 aliphatic heterocycles. The summed E-state index contributed by atoms with van der Waals surface area (Å²) in [6.45, 7) is 4.33. The van der Waals surface area contributed by atoms with E-state index in [-0.39, 0.29) is 5.91 Å². The summed E-state index contributed by atoms with van der Waals surface area (Å²) in [6, 6.07) is 17.6. The van der Waals surface area contributed by atoms with Crippen LogP contribution in [0.5, 0.6) is 0 Å². The summed E-state index contributed by atoms with van der Waals surface area (Å²) in [6.07, 6.45) is 5.70. The fraction of sp³-hybridized carbons (Fsp3) is 0.375. The van der Waals surface area contributed by atoms with Gasteiger partial charge in [-0.05, 0) is 62.0 Å². The monoisotopic (exact) mass is 375 g/mol. The molecule has 1 N–H and O–H groups in total. The van der Waals surface area contributed by atoms with Crippen molar-refractivity contribution < 1.29 is 4.79 Å². The molecule has 1 saturated heterocycles. The van der Waals surface area contributed by atoms with Crippen molar-refractivity contribution >= 4 is 16.8 Å². The smallest absolute Gasteiger partial charge is 0.239 e. The fourth-order valence-electron chi connectivity index (χ4n) is 4.09. The highest BCUT2D eigenvalue weighted by atomic mass is 16.1. The molecule has 28 heavy (non-hydrogen) atoms.